The van der Waals surface area contributed by atoms with E-state index in [1.54, 1.807) is 53.2 Å². The Morgan fingerprint density at radius 1 is 1.03 bits per heavy atom. The predicted molar refractivity (Wildman–Crippen MR) is 122 cm³/mol. The third kappa shape index (κ3) is 4.44. The van der Waals surface area contributed by atoms with Gasteiger partial charge in [-0.3, -0.25) is 4.68 Å². The lowest BCUT2D eigenvalue weighted by Crippen LogP contribution is -2.16. The molecule has 0 aliphatic carbocycles. The molecule has 0 saturated heterocycles. The molecule has 4 rings (SSSR count). The van der Waals surface area contributed by atoms with Crippen LogP contribution >= 0.6 is 11.6 Å². The topological polar surface area (TPSA) is 73.2 Å². The number of para-hydroxylation sites is 1. The van der Waals surface area contributed by atoms with Gasteiger partial charge in [0.1, 0.15) is 17.9 Å². The molecule has 0 radical (unpaired) electrons. The van der Waals surface area contributed by atoms with Gasteiger partial charge in [0, 0.05) is 17.0 Å². The highest BCUT2D eigenvalue weighted by Gasteiger charge is 2.27. The van der Waals surface area contributed by atoms with E-state index in [1.807, 2.05) is 31.3 Å². The molecule has 3 aromatic carbocycles. The van der Waals surface area contributed by atoms with E-state index < -0.39 is 9.84 Å². The fraction of sp³-hybridized carbons (Fsp3) is 0.174. The molecule has 6 nitrogen and oxygen atoms in total. The number of hydrogen-bond acceptors (Lipinski definition) is 5. The van der Waals surface area contributed by atoms with E-state index in [0.29, 0.717) is 41.4 Å². The summed E-state index contributed by atoms with van der Waals surface area (Å²) in [5.74, 6) is 0.580. The highest BCUT2D eigenvalue weighted by Crippen LogP contribution is 2.33. The summed E-state index contributed by atoms with van der Waals surface area (Å²) in [6, 6.07) is 21.1. The van der Waals surface area contributed by atoms with Crippen LogP contribution < -0.4 is 10.1 Å². The van der Waals surface area contributed by atoms with Crippen LogP contribution in [0.1, 0.15) is 5.56 Å². The lowest BCUT2D eigenvalue weighted by Gasteiger charge is -2.10. The summed E-state index contributed by atoms with van der Waals surface area (Å²) in [5, 5.41) is 8.72. The second-order valence-electron chi connectivity index (χ2n) is 7.01. The minimum Gasteiger partial charge on any atom is -0.490 e. The molecule has 31 heavy (non-hydrogen) atoms. The number of hydrogen-bond donors (Lipinski definition) is 1. The van der Waals surface area contributed by atoms with E-state index in [-0.39, 0.29) is 9.92 Å². The molecule has 0 aliphatic heterocycles. The number of likely N-dealkylation sites (N-methyl/N-ethyl adjacent to an activating group) is 1. The van der Waals surface area contributed by atoms with E-state index in [1.165, 1.54) is 0 Å². The van der Waals surface area contributed by atoms with Crippen LogP contribution in [-0.2, 0) is 16.4 Å². The summed E-state index contributed by atoms with van der Waals surface area (Å²) in [5.41, 5.74) is 1.54. The first-order valence-corrected chi connectivity index (χ1v) is 11.7. The van der Waals surface area contributed by atoms with Gasteiger partial charge in [-0.05, 0) is 49.0 Å². The second kappa shape index (κ2) is 9.09. The van der Waals surface area contributed by atoms with Crippen molar-refractivity contribution in [2.24, 2.45) is 0 Å². The van der Waals surface area contributed by atoms with Crippen molar-refractivity contribution in [2.45, 2.75) is 16.5 Å². The quantitative estimate of drug-likeness (QED) is 0.404. The van der Waals surface area contributed by atoms with Crippen LogP contribution in [-0.4, -0.2) is 38.4 Å². The van der Waals surface area contributed by atoms with Crippen LogP contribution in [0.25, 0.3) is 10.9 Å². The van der Waals surface area contributed by atoms with Crippen molar-refractivity contribution in [3.63, 3.8) is 0 Å². The second-order valence-corrected chi connectivity index (χ2v) is 9.31. The molecule has 160 valence electrons. The lowest BCUT2D eigenvalue weighted by atomic mass is 10.2. The summed E-state index contributed by atoms with van der Waals surface area (Å²) >= 11 is 6.15. The van der Waals surface area contributed by atoms with Gasteiger partial charge in [-0.2, -0.15) is 5.10 Å². The van der Waals surface area contributed by atoms with E-state index in [9.17, 15) is 8.42 Å². The minimum absolute atomic E-state index is 0.00907. The Hall–Kier alpha value is -2.87. The Bertz CT molecular complexity index is 1300. The van der Waals surface area contributed by atoms with Crippen LogP contribution in [0.4, 0.5) is 0 Å². The van der Waals surface area contributed by atoms with Crippen molar-refractivity contribution in [3.05, 3.63) is 83.4 Å². The highest BCUT2D eigenvalue weighted by molar-refractivity contribution is 7.91. The Morgan fingerprint density at radius 3 is 2.55 bits per heavy atom. The molecule has 0 unspecified atom stereocenters. The first kappa shape index (κ1) is 21.4. The molecular formula is C23H22ClN3O3S. The van der Waals surface area contributed by atoms with Crippen molar-refractivity contribution in [3.8, 4) is 5.75 Å². The van der Waals surface area contributed by atoms with E-state index in [2.05, 4.69) is 10.4 Å². The van der Waals surface area contributed by atoms with Gasteiger partial charge in [-0.15, -0.1) is 0 Å². The van der Waals surface area contributed by atoms with Gasteiger partial charge >= 0.3 is 0 Å². The molecule has 1 heterocycles. The van der Waals surface area contributed by atoms with Gasteiger partial charge in [-0.1, -0.05) is 48.0 Å². The smallest absolute Gasteiger partial charge is 0.226 e. The third-order valence-electron chi connectivity index (χ3n) is 4.84. The monoisotopic (exact) mass is 455 g/mol. The molecule has 8 heteroatoms. The Kier molecular flexibility index (Phi) is 6.27. The first-order chi connectivity index (χ1) is 15.0. The van der Waals surface area contributed by atoms with Crippen molar-refractivity contribution in [1.29, 1.82) is 0 Å². The van der Waals surface area contributed by atoms with Crippen LogP contribution in [0, 0.1) is 0 Å². The standard InChI is InChI=1S/C23H22ClN3O3S/c1-25-13-14-30-21-12-6-11-20-22(21)27(16-17-7-5-8-18(24)15-17)26-23(20)31(28,29)19-9-3-2-4-10-19/h2-12,15,25H,13-14,16H2,1H3. The summed E-state index contributed by atoms with van der Waals surface area (Å²) < 4.78 is 34.4. The normalized spacial score (nSPS) is 11.7. The van der Waals surface area contributed by atoms with Crippen LogP contribution in [0.3, 0.4) is 0 Å². The summed E-state index contributed by atoms with van der Waals surface area (Å²) in [7, 11) is -1.97. The van der Waals surface area contributed by atoms with Crippen LogP contribution in [0.5, 0.6) is 5.75 Å². The van der Waals surface area contributed by atoms with Gasteiger partial charge < -0.3 is 10.1 Å². The molecule has 1 aromatic heterocycles. The summed E-state index contributed by atoms with van der Waals surface area (Å²) in [4.78, 5) is 0.200. The number of aromatic nitrogens is 2. The fourth-order valence-corrected chi connectivity index (χ4v) is 5.00. The average Bonchev–Trinajstić information content (AvgIpc) is 3.15. The predicted octanol–water partition coefficient (Wildman–Crippen LogP) is 4.17. The molecular weight excluding hydrogens is 434 g/mol. The molecule has 0 aliphatic rings. The van der Waals surface area contributed by atoms with E-state index >= 15 is 0 Å². The van der Waals surface area contributed by atoms with Gasteiger partial charge in [-0.25, -0.2) is 8.42 Å². The number of nitrogens with one attached hydrogen (secondary N) is 1. The molecule has 0 amide bonds. The molecule has 0 bridgehead atoms. The van der Waals surface area contributed by atoms with Gasteiger partial charge in [0.15, 0.2) is 5.03 Å². The lowest BCUT2D eigenvalue weighted by molar-refractivity contribution is 0.320. The third-order valence-corrected chi connectivity index (χ3v) is 6.78. The summed E-state index contributed by atoms with van der Waals surface area (Å²) in [6.07, 6.45) is 0. The molecule has 0 saturated carbocycles. The van der Waals surface area contributed by atoms with Crippen LogP contribution in [0.15, 0.2) is 82.7 Å². The molecule has 0 atom stereocenters. The van der Waals surface area contributed by atoms with Gasteiger partial charge in [0.25, 0.3) is 0 Å². The number of fused-ring (bicyclic) bond motifs is 1. The van der Waals surface area contributed by atoms with Gasteiger partial charge in [0.05, 0.1) is 11.4 Å². The molecule has 1 N–H and O–H groups in total. The maximum atomic E-state index is 13.4. The molecule has 4 aromatic rings. The minimum atomic E-state index is -3.81. The van der Waals surface area contributed by atoms with Crippen molar-refractivity contribution < 1.29 is 13.2 Å². The number of nitrogens with zero attached hydrogens (tertiary/aromatic N) is 2. The van der Waals surface area contributed by atoms with E-state index in [0.717, 1.165) is 5.56 Å². The maximum absolute atomic E-state index is 13.4. The molecule has 0 fully saturated rings. The number of sulfone groups is 1. The van der Waals surface area contributed by atoms with Crippen LogP contribution in [0.2, 0.25) is 5.02 Å². The van der Waals surface area contributed by atoms with Gasteiger partial charge in [0.2, 0.25) is 9.84 Å². The SMILES string of the molecule is CNCCOc1cccc2c(S(=O)(=O)c3ccccc3)nn(Cc3cccc(Cl)c3)c12. The average molecular weight is 456 g/mol. The largest absolute Gasteiger partial charge is 0.490 e. The fourth-order valence-electron chi connectivity index (χ4n) is 3.39. The highest BCUT2D eigenvalue weighted by atomic mass is 35.5. The molecule has 0 spiro atoms. The zero-order chi connectivity index (χ0) is 21.8. The zero-order valence-corrected chi connectivity index (χ0v) is 18.5. The van der Waals surface area contributed by atoms with Crippen molar-refractivity contribution in [2.75, 3.05) is 20.2 Å². The Balaban J connectivity index is 1.89. The van der Waals surface area contributed by atoms with Crippen molar-refractivity contribution in [1.82, 2.24) is 15.1 Å². The number of benzene rings is 3. The Labute approximate surface area is 186 Å². The zero-order valence-electron chi connectivity index (χ0n) is 17.0. The van der Waals surface area contributed by atoms with Crippen molar-refractivity contribution >= 4 is 32.3 Å². The number of ether oxygens (including phenoxy) is 1. The maximum Gasteiger partial charge on any atom is 0.226 e. The summed E-state index contributed by atoms with van der Waals surface area (Å²) in [6.45, 7) is 1.46. The number of rotatable bonds is 8. The van der Waals surface area contributed by atoms with E-state index in [4.69, 9.17) is 16.3 Å². The number of halogens is 1. The Morgan fingerprint density at radius 2 is 1.81 bits per heavy atom. The first-order valence-electron chi connectivity index (χ1n) is 9.82.